The van der Waals surface area contributed by atoms with Crippen LogP contribution in [0, 0.1) is 16.7 Å². The second kappa shape index (κ2) is 7.36. The Hall–Kier alpha value is -0.260. The lowest BCUT2D eigenvalue weighted by molar-refractivity contribution is -0.0109. The van der Waals surface area contributed by atoms with Gasteiger partial charge in [-0.1, -0.05) is 73.0 Å². The molecule has 2 unspecified atom stereocenters. The van der Waals surface area contributed by atoms with Crippen LogP contribution in [0.5, 0.6) is 0 Å². The summed E-state index contributed by atoms with van der Waals surface area (Å²) in [6.45, 7) is 17.8. The fraction of sp³-hybridized carbons (Fsp3) is 0.889. The van der Waals surface area contributed by atoms with Crippen molar-refractivity contribution in [1.29, 1.82) is 0 Å². The van der Waals surface area contributed by atoms with E-state index in [0.29, 0.717) is 10.8 Å². The van der Waals surface area contributed by atoms with E-state index in [-0.39, 0.29) is 0 Å². The Morgan fingerprint density at radius 3 is 2.17 bits per heavy atom. The van der Waals surface area contributed by atoms with Gasteiger partial charge in [0.2, 0.25) is 0 Å². The molecule has 0 heteroatoms. The minimum absolute atomic E-state index is 0.493. The molecule has 1 fully saturated rings. The summed E-state index contributed by atoms with van der Waals surface area (Å²) in [5, 5.41) is 0. The van der Waals surface area contributed by atoms with Crippen LogP contribution in [0.15, 0.2) is 11.6 Å². The van der Waals surface area contributed by atoms with Crippen molar-refractivity contribution < 1.29 is 0 Å². The number of hydrogen-bond donors (Lipinski definition) is 0. The summed E-state index contributed by atoms with van der Waals surface area (Å²) < 4.78 is 0. The second-order valence-electron chi connectivity index (χ2n) is 6.12. The number of rotatable bonds is 0. The minimum atomic E-state index is 0.493. The Bertz CT molecular complexity index is 263. The van der Waals surface area contributed by atoms with Gasteiger partial charge < -0.3 is 0 Å². The van der Waals surface area contributed by atoms with Crippen molar-refractivity contribution in [2.75, 3.05) is 0 Å². The van der Waals surface area contributed by atoms with Crippen molar-refractivity contribution in [3.63, 3.8) is 0 Å². The summed E-state index contributed by atoms with van der Waals surface area (Å²) >= 11 is 0. The van der Waals surface area contributed by atoms with Crippen LogP contribution in [0.3, 0.4) is 0 Å². The second-order valence-corrected chi connectivity index (χ2v) is 6.12. The zero-order valence-electron chi connectivity index (χ0n) is 14.2. The van der Waals surface area contributed by atoms with E-state index in [1.807, 2.05) is 27.7 Å². The Morgan fingerprint density at radius 2 is 1.61 bits per heavy atom. The molecule has 0 radical (unpaired) electrons. The third kappa shape index (κ3) is 3.19. The zero-order valence-corrected chi connectivity index (χ0v) is 14.2. The highest BCUT2D eigenvalue weighted by molar-refractivity contribution is 5.18. The lowest BCUT2D eigenvalue weighted by atomic mass is 9.49. The molecule has 0 amide bonds. The van der Waals surface area contributed by atoms with E-state index in [9.17, 15) is 0 Å². The van der Waals surface area contributed by atoms with E-state index in [0.717, 1.165) is 5.92 Å². The number of fused-ring (bicyclic) bond motifs is 1. The molecule has 0 saturated heterocycles. The first-order chi connectivity index (χ1) is 8.48. The van der Waals surface area contributed by atoms with Gasteiger partial charge in [0.15, 0.2) is 0 Å². The summed E-state index contributed by atoms with van der Waals surface area (Å²) in [5.41, 5.74) is 2.69. The lowest BCUT2D eigenvalue weighted by Crippen LogP contribution is -2.46. The van der Waals surface area contributed by atoms with Crippen molar-refractivity contribution in [3.05, 3.63) is 11.6 Å². The predicted molar refractivity (Wildman–Crippen MR) is 84.9 cm³/mol. The fourth-order valence-electron chi connectivity index (χ4n) is 3.78. The Kier molecular flexibility index (Phi) is 7.25. The van der Waals surface area contributed by atoms with Gasteiger partial charge in [-0.15, -0.1) is 0 Å². The first-order valence-electron chi connectivity index (χ1n) is 8.16. The molecule has 0 aromatic carbocycles. The number of allylic oxidation sites excluding steroid dienone is 2. The highest BCUT2D eigenvalue weighted by Crippen LogP contribution is 2.59. The van der Waals surface area contributed by atoms with Crippen LogP contribution in [-0.2, 0) is 0 Å². The third-order valence-corrected chi connectivity index (χ3v) is 5.33. The minimum Gasteiger partial charge on any atom is -0.0791 e. The smallest absolute Gasteiger partial charge is 0.00875 e. The Balaban J connectivity index is 0.000000659. The van der Waals surface area contributed by atoms with Gasteiger partial charge >= 0.3 is 0 Å². The molecule has 1 saturated carbocycles. The molecule has 0 spiro atoms. The molecule has 18 heavy (non-hydrogen) atoms. The third-order valence-electron chi connectivity index (χ3n) is 5.33. The first kappa shape index (κ1) is 17.7. The number of hydrogen-bond acceptors (Lipinski definition) is 0. The van der Waals surface area contributed by atoms with Gasteiger partial charge in [0.1, 0.15) is 0 Å². The van der Waals surface area contributed by atoms with Crippen LogP contribution in [0.25, 0.3) is 0 Å². The molecular formula is C18H36. The molecule has 2 aliphatic carbocycles. The van der Waals surface area contributed by atoms with Gasteiger partial charge in [-0.25, -0.2) is 0 Å². The van der Waals surface area contributed by atoms with Gasteiger partial charge in [-0.3, -0.25) is 0 Å². The lowest BCUT2D eigenvalue weighted by Gasteiger charge is -2.55. The average molecular weight is 252 g/mol. The van der Waals surface area contributed by atoms with Gasteiger partial charge in [-0.2, -0.15) is 0 Å². The maximum atomic E-state index is 2.59. The van der Waals surface area contributed by atoms with Crippen molar-refractivity contribution >= 4 is 0 Å². The van der Waals surface area contributed by atoms with Crippen LogP contribution >= 0.6 is 0 Å². The molecule has 0 aromatic heterocycles. The Labute approximate surface area is 116 Å². The fourth-order valence-corrected chi connectivity index (χ4v) is 3.78. The summed E-state index contributed by atoms with van der Waals surface area (Å²) in [7, 11) is 0. The molecule has 0 heterocycles. The van der Waals surface area contributed by atoms with Gasteiger partial charge in [0, 0.05) is 0 Å². The largest absolute Gasteiger partial charge is 0.0791 e. The summed E-state index contributed by atoms with van der Waals surface area (Å²) in [6.07, 6.45) is 9.61. The maximum Gasteiger partial charge on any atom is -0.00875 e. The van der Waals surface area contributed by atoms with E-state index in [4.69, 9.17) is 0 Å². The van der Waals surface area contributed by atoms with E-state index in [1.165, 1.54) is 32.1 Å². The monoisotopic (exact) mass is 252 g/mol. The topological polar surface area (TPSA) is 0 Å². The molecule has 0 bridgehead atoms. The SMILES string of the molecule is CC.CC.CC1=CC2(C)CCCC(C)[C@]2(C)CC1. The molecule has 0 aromatic rings. The Morgan fingerprint density at radius 1 is 1.06 bits per heavy atom. The molecule has 0 N–H and O–H groups in total. The van der Waals surface area contributed by atoms with Crippen molar-refractivity contribution in [2.24, 2.45) is 16.7 Å². The molecule has 0 aliphatic heterocycles. The van der Waals surface area contributed by atoms with E-state index in [2.05, 4.69) is 33.8 Å². The van der Waals surface area contributed by atoms with Crippen LogP contribution < -0.4 is 0 Å². The van der Waals surface area contributed by atoms with Crippen LogP contribution in [0.2, 0.25) is 0 Å². The van der Waals surface area contributed by atoms with Crippen LogP contribution in [0.4, 0.5) is 0 Å². The molecule has 2 rings (SSSR count). The molecule has 3 atom stereocenters. The normalized spacial score (nSPS) is 38.2. The van der Waals surface area contributed by atoms with Gasteiger partial charge in [0.25, 0.3) is 0 Å². The quantitative estimate of drug-likeness (QED) is 0.425. The van der Waals surface area contributed by atoms with E-state index < -0.39 is 0 Å². The van der Waals surface area contributed by atoms with Crippen molar-refractivity contribution in [2.45, 2.75) is 87.5 Å². The maximum absolute atomic E-state index is 2.59. The van der Waals surface area contributed by atoms with E-state index in [1.54, 1.807) is 5.57 Å². The predicted octanol–water partition coefficient (Wildman–Crippen LogP) is 6.61. The molecule has 0 nitrogen and oxygen atoms in total. The van der Waals surface area contributed by atoms with Crippen molar-refractivity contribution in [3.8, 4) is 0 Å². The average Bonchev–Trinajstić information content (AvgIpc) is 2.38. The zero-order chi connectivity index (χ0) is 14.4. The first-order valence-corrected chi connectivity index (χ1v) is 8.16. The van der Waals surface area contributed by atoms with Gasteiger partial charge in [0.05, 0.1) is 0 Å². The molecular weight excluding hydrogens is 216 g/mol. The highest BCUT2D eigenvalue weighted by Gasteiger charge is 2.49. The summed E-state index contributed by atoms with van der Waals surface area (Å²) in [6, 6.07) is 0. The summed E-state index contributed by atoms with van der Waals surface area (Å²) in [5.74, 6) is 0.908. The van der Waals surface area contributed by atoms with E-state index >= 15 is 0 Å². The van der Waals surface area contributed by atoms with Crippen LogP contribution in [0.1, 0.15) is 87.5 Å². The van der Waals surface area contributed by atoms with Crippen molar-refractivity contribution in [1.82, 2.24) is 0 Å². The molecule has 2 aliphatic rings. The molecule has 108 valence electrons. The highest BCUT2D eigenvalue weighted by atomic mass is 14.5. The summed E-state index contributed by atoms with van der Waals surface area (Å²) in [4.78, 5) is 0. The van der Waals surface area contributed by atoms with Gasteiger partial charge in [-0.05, 0) is 42.9 Å². The standard InChI is InChI=1S/C14H24.2C2H6/c1-11-7-9-14(4)12(2)6-5-8-13(14,3)10-11;2*1-2/h10,12H,5-9H2,1-4H3;2*1-2H3/t12?,13?,14-;;/m0../s1. The van der Waals surface area contributed by atoms with Crippen LogP contribution in [-0.4, -0.2) is 0 Å².